The first-order valence-corrected chi connectivity index (χ1v) is 11.6. The van der Waals surface area contributed by atoms with Crippen molar-refractivity contribution in [3.05, 3.63) is 34.9 Å². The Kier molecular flexibility index (Phi) is 11.9. The smallest absolute Gasteiger partial charge is 0.190 e. The summed E-state index contributed by atoms with van der Waals surface area (Å²) in [6.45, 7) is 10.1. The zero-order chi connectivity index (χ0) is 21.3. The average Bonchev–Trinajstić information content (AvgIpc) is 2.74. The highest BCUT2D eigenvalue weighted by Crippen LogP contribution is 2.35. The monoisotopic (exact) mass is 563 g/mol. The van der Waals surface area contributed by atoms with Gasteiger partial charge in [-0.05, 0) is 56.0 Å². The standard InChI is InChI=1S/C23H38ClN5O.HI/c1-18(17-29-10-12-30-13-11-29)15-26-23(25-2)27-16-20-7-5-9-28(3)22(20)19-6-4-8-21(24)14-19;/h4,6,8,14,18,20,22H,5,7,9-13,15-17H2,1-3H3,(H2,25,26,27);1H. The summed E-state index contributed by atoms with van der Waals surface area (Å²) in [5, 5.41) is 7.91. The number of guanidine groups is 1. The number of ether oxygens (including phenoxy) is 1. The van der Waals surface area contributed by atoms with Gasteiger partial charge in [-0.1, -0.05) is 30.7 Å². The Morgan fingerprint density at radius 2 is 2.03 bits per heavy atom. The fraction of sp³-hybridized carbons (Fsp3) is 0.696. The summed E-state index contributed by atoms with van der Waals surface area (Å²) in [5.41, 5.74) is 1.30. The van der Waals surface area contributed by atoms with E-state index in [1.807, 2.05) is 13.1 Å². The average molecular weight is 564 g/mol. The molecule has 3 rings (SSSR count). The Morgan fingerprint density at radius 1 is 1.26 bits per heavy atom. The molecule has 2 N–H and O–H groups in total. The van der Waals surface area contributed by atoms with Crippen molar-refractivity contribution in [3.63, 3.8) is 0 Å². The summed E-state index contributed by atoms with van der Waals surface area (Å²) >= 11 is 6.28. The molecule has 0 spiro atoms. The van der Waals surface area contributed by atoms with Crippen molar-refractivity contribution in [3.8, 4) is 0 Å². The van der Waals surface area contributed by atoms with Crippen LogP contribution < -0.4 is 10.6 Å². The van der Waals surface area contributed by atoms with E-state index in [-0.39, 0.29) is 24.0 Å². The molecule has 0 aromatic heterocycles. The number of hydrogen-bond donors (Lipinski definition) is 2. The number of rotatable bonds is 7. The number of nitrogens with one attached hydrogen (secondary N) is 2. The van der Waals surface area contributed by atoms with Crippen LogP contribution in [0.3, 0.4) is 0 Å². The molecule has 0 bridgehead atoms. The Balaban J connectivity index is 0.00000341. The van der Waals surface area contributed by atoms with Crippen LogP contribution in [0.15, 0.2) is 29.3 Å². The van der Waals surface area contributed by atoms with E-state index >= 15 is 0 Å². The first kappa shape index (κ1) is 26.6. The van der Waals surface area contributed by atoms with Crippen LogP contribution in [0, 0.1) is 11.8 Å². The topological polar surface area (TPSA) is 52.1 Å². The lowest BCUT2D eigenvalue weighted by molar-refractivity contribution is 0.0320. The molecule has 0 radical (unpaired) electrons. The molecule has 31 heavy (non-hydrogen) atoms. The third kappa shape index (κ3) is 8.35. The summed E-state index contributed by atoms with van der Waals surface area (Å²) in [6, 6.07) is 8.70. The van der Waals surface area contributed by atoms with Gasteiger partial charge in [-0.15, -0.1) is 24.0 Å². The molecule has 0 aliphatic carbocycles. The molecule has 2 fully saturated rings. The van der Waals surface area contributed by atoms with Crippen molar-refractivity contribution < 1.29 is 4.74 Å². The van der Waals surface area contributed by atoms with Gasteiger partial charge in [0.15, 0.2) is 5.96 Å². The summed E-state index contributed by atoms with van der Waals surface area (Å²) in [4.78, 5) is 9.39. The second kappa shape index (κ2) is 13.8. The highest BCUT2D eigenvalue weighted by atomic mass is 127. The normalized spacial score (nSPS) is 24.3. The maximum atomic E-state index is 6.28. The zero-order valence-electron chi connectivity index (χ0n) is 19.1. The van der Waals surface area contributed by atoms with Crippen LogP contribution in [0.25, 0.3) is 0 Å². The summed E-state index contributed by atoms with van der Waals surface area (Å²) in [5.74, 6) is 1.97. The lowest BCUT2D eigenvalue weighted by atomic mass is 9.85. The number of nitrogens with zero attached hydrogens (tertiary/aromatic N) is 3. The predicted octanol–water partition coefficient (Wildman–Crippen LogP) is 3.47. The van der Waals surface area contributed by atoms with Crippen molar-refractivity contribution in [2.75, 3.05) is 66.6 Å². The maximum Gasteiger partial charge on any atom is 0.190 e. The van der Waals surface area contributed by atoms with E-state index in [9.17, 15) is 0 Å². The van der Waals surface area contributed by atoms with Crippen LogP contribution in [-0.4, -0.2) is 82.3 Å². The van der Waals surface area contributed by atoms with Gasteiger partial charge in [0.05, 0.1) is 13.2 Å². The molecule has 2 saturated heterocycles. The first-order valence-electron chi connectivity index (χ1n) is 11.3. The van der Waals surface area contributed by atoms with Gasteiger partial charge < -0.3 is 15.4 Å². The number of benzene rings is 1. The molecule has 1 aromatic rings. The number of morpholine rings is 1. The van der Waals surface area contributed by atoms with Crippen molar-refractivity contribution >= 4 is 41.5 Å². The van der Waals surface area contributed by atoms with Crippen LogP contribution in [0.5, 0.6) is 0 Å². The Labute approximate surface area is 210 Å². The molecule has 3 unspecified atom stereocenters. The predicted molar refractivity (Wildman–Crippen MR) is 141 cm³/mol. The molecule has 176 valence electrons. The molecular weight excluding hydrogens is 525 g/mol. The largest absolute Gasteiger partial charge is 0.379 e. The lowest BCUT2D eigenvalue weighted by Crippen LogP contribution is -2.47. The second-order valence-corrected chi connectivity index (χ2v) is 9.17. The summed E-state index contributed by atoms with van der Waals surface area (Å²) in [7, 11) is 4.07. The molecular formula is C23H39ClIN5O. The number of piperidine rings is 1. The fourth-order valence-electron chi connectivity index (χ4n) is 4.70. The molecule has 1 aromatic carbocycles. The minimum Gasteiger partial charge on any atom is -0.379 e. The van der Waals surface area contributed by atoms with Crippen LogP contribution in [-0.2, 0) is 4.74 Å². The molecule has 3 atom stereocenters. The van der Waals surface area contributed by atoms with Crippen molar-refractivity contribution in [2.45, 2.75) is 25.8 Å². The van der Waals surface area contributed by atoms with Gasteiger partial charge in [0.2, 0.25) is 0 Å². The van der Waals surface area contributed by atoms with E-state index in [1.54, 1.807) is 0 Å². The molecule has 0 saturated carbocycles. The Morgan fingerprint density at radius 3 is 2.74 bits per heavy atom. The highest BCUT2D eigenvalue weighted by molar-refractivity contribution is 14.0. The van der Waals surface area contributed by atoms with Gasteiger partial charge >= 0.3 is 0 Å². The molecule has 6 nitrogen and oxygen atoms in total. The van der Waals surface area contributed by atoms with Crippen LogP contribution in [0.2, 0.25) is 5.02 Å². The van der Waals surface area contributed by atoms with Crippen molar-refractivity contribution in [1.29, 1.82) is 0 Å². The Hall–Kier alpha value is -0.610. The lowest BCUT2D eigenvalue weighted by Gasteiger charge is -2.40. The van der Waals surface area contributed by atoms with Gasteiger partial charge in [0, 0.05) is 50.8 Å². The number of likely N-dealkylation sites (tertiary alicyclic amines) is 1. The van der Waals surface area contributed by atoms with E-state index in [2.05, 4.69) is 57.6 Å². The van der Waals surface area contributed by atoms with E-state index < -0.39 is 0 Å². The van der Waals surface area contributed by atoms with Crippen molar-refractivity contribution in [1.82, 2.24) is 20.4 Å². The maximum absolute atomic E-state index is 6.28. The number of hydrogen-bond acceptors (Lipinski definition) is 4. The Bertz CT molecular complexity index is 686. The van der Waals surface area contributed by atoms with Crippen LogP contribution in [0.4, 0.5) is 0 Å². The van der Waals surface area contributed by atoms with E-state index in [0.717, 1.165) is 63.5 Å². The van der Waals surface area contributed by atoms with E-state index in [1.165, 1.54) is 18.4 Å². The zero-order valence-corrected chi connectivity index (χ0v) is 22.2. The summed E-state index contributed by atoms with van der Waals surface area (Å²) in [6.07, 6.45) is 2.43. The number of aliphatic imine (C=N–C) groups is 1. The van der Waals surface area contributed by atoms with Gasteiger partial charge in [-0.2, -0.15) is 0 Å². The first-order chi connectivity index (χ1) is 14.6. The number of halogens is 2. The van der Waals surface area contributed by atoms with E-state index in [0.29, 0.717) is 17.9 Å². The minimum absolute atomic E-state index is 0. The highest BCUT2D eigenvalue weighted by Gasteiger charge is 2.30. The SMILES string of the molecule is CN=C(NCC(C)CN1CCOCC1)NCC1CCCN(C)C1c1cccc(Cl)c1.I. The third-order valence-corrected chi connectivity index (χ3v) is 6.48. The molecule has 2 heterocycles. The summed E-state index contributed by atoms with van der Waals surface area (Å²) < 4.78 is 5.44. The fourth-order valence-corrected chi connectivity index (χ4v) is 4.90. The van der Waals surface area contributed by atoms with Crippen LogP contribution >= 0.6 is 35.6 Å². The van der Waals surface area contributed by atoms with Gasteiger partial charge in [0.1, 0.15) is 0 Å². The minimum atomic E-state index is 0. The second-order valence-electron chi connectivity index (χ2n) is 8.73. The van der Waals surface area contributed by atoms with Crippen molar-refractivity contribution in [2.24, 2.45) is 16.8 Å². The third-order valence-electron chi connectivity index (χ3n) is 6.24. The van der Waals surface area contributed by atoms with E-state index in [4.69, 9.17) is 16.3 Å². The quantitative estimate of drug-likeness (QED) is 0.302. The molecule has 2 aliphatic rings. The molecule has 8 heteroatoms. The molecule has 2 aliphatic heterocycles. The van der Waals surface area contributed by atoms with Gasteiger partial charge in [0.25, 0.3) is 0 Å². The van der Waals surface area contributed by atoms with Crippen LogP contribution in [0.1, 0.15) is 31.4 Å². The molecule has 0 amide bonds. The van der Waals surface area contributed by atoms with Gasteiger partial charge in [-0.3, -0.25) is 14.8 Å². The van der Waals surface area contributed by atoms with Gasteiger partial charge in [-0.25, -0.2) is 0 Å².